The Kier molecular flexibility index (Phi) is 1.50. The van der Waals surface area contributed by atoms with Crippen molar-refractivity contribution in [2.24, 2.45) is 0 Å². The van der Waals surface area contributed by atoms with E-state index in [0.717, 1.165) is 17.8 Å². The molecule has 1 aromatic carbocycles. The van der Waals surface area contributed by atoms with Crippen LogP contribution >= 0.6 is 0 Å². The molecule has 62 valence electrons. The summed E-state index contributed by atoms with van der Waals surface area (Å²) in [5, 5.41) is 9.40. The van der Waals surface area contributed by atoms with Crippen LogP contribution in [0.3, 0.4) is 0 Å². The molecule has 0 aliphatic heterocycles. The number of H-pyrrole nitrogens is 1. The number of phenols is 1. The van der Waals surface area contributed by atoms with Gasteiger partial charge < -0.3 is 10.1 Å². The standard InChI is InChI=1S/C9H10N2O/c1-2-8-10-6-4-3-5-7(12)9(6)11-8/h3-5,12H,2H2,1H3,(H,10,11). The molecule has 0 aliphatic carbocycles. The van der Waals surface area contributed by atoms with E-state index < -0.39 is 0 Å². The van der Waals surface area contributed by atoms with Crippen molar-refractivity contribution in [3.05, 3.63) is 24.0 Å². The Balaban J connectivity index is 2.74. The van der Waals surface area contributed by atoms with Gasteiger partial charge in [0.25, 0.3) is 0 Å². The topological polar surface area (TPSA) is 48.9 Å². The zero-order valence-corrected chi connectivity index (χ0v) is 6.83. The van der Waals surface area contributed by atoms with Gasteiger partial charge in [-0.3, -0.25) is 0 Å². The number of hydrogen-bond donors (Lipinski definition) is 2. The number of benzene rings is 1. The molecule has 1 heterocycles. The van der Waals surface area contributed by atoms with Gasteiger partial charge >= 0.3 is 0 Å². The summed E-state index contributed by atoms with van der Waals surface area (Å²) in [7, 11) is 0. The second kappa shape index (κ2) is 2.52. The van der Waals surface area contributed by atoms with E-state index in [2.05, 4.69) is 9.97 Å². The lowest BCUT2D eigenvalue weighted by Gasteiger charge is -1.89. The number of fused-ring (bicyclic) bond motifs is 1. The van der Waals surface area contributed by atoms with Crippen molar-refractivity contribution in [2.75, 3.05) is 0 Å². The van der Waals surface area contributed by atoms with Gasteiger partial charge in [-0.15, -0.1) is 0 Å². The predicted molar refractivity (Wildman–Crippen MR) is 47.1 cm³/mol. The Morgan fingerprint density at radius 2 is 2.33 bits per heavy atom. The zero-order valence-electron chi connectivity index (χ0n) is 6.83. The molecular formula is C9H10N2O. The maximum atomic E-state index is 9.40. The van der Waals surface area contributed by atoms with E-state index in [-0.39, 0.29) is 5.75 Å². The first-order valence-electron chi connectivity index (χ1n) is 3.98. The number of aryl methyl sites for hydroxylation is 1. The lowest BCUT2D eigenvalue weighted by molar-refractivity contribution is 0.480. The highest BCUT2D eigenvalue weighted by atomic mass is 16.3. The first-order valence-corrected chi connectivity index (χ1v) is 3.98. The highest BCUT2D eigenvalue weighted by Gasteiger charge is 2.03. The molecule has 1 aromatic heterocycles. The molecule has 0 bridgehead atoms. The summed E-state index contributed by atoms with van der Waals surface area (Å²) in [4.78, 5) is 7.34. The van der Waals surface area contributed by atoms with Crippen LogP contribution in [0, 0.1) is 0 Å². The number of nitrogens with one attached hydrogen (secondary N) is 1. The maximum absolute atomic E-state index is 9.40. The van der Waals surface area contributed by atoms with Crippen LogP contribution in [0.1, 0.15) is 12.7 Å². The number of para-hydroxylation sites is 1. The fourth-order valence-electron chi connectivity index (χ4n) is 1.24. The number of imidazole rings is 1. The van der Waals surface area contributed by atoms with Crippen LogP contribution in [0.15, 0.2) is 18.2 Å². The maximum Gasteiger partial charge on any atom is 0.143 e. The van der Waals surface area contributed by atoms with E-state index >= 15 is 0 Å². The third-order valence-electron chi connectivity index (χ3n) is 1.88. The highest BCUT2D eigenvalue weighted by molar-refractivity contribution is 5.81. The molecule has 0 aliphatic rings. The minimum atomic E-state index is 0.239. The average molecular weight is 162 g/mol. The van der Waals surface area contributed by atoms with Crippen molar-refractivity contribution in [2.45, 2.75) is 13.3 Å². The number of rotatable bonds is 1. The van der Waals surface area contributed by atoms with E-state index in [1.807, 2.05) is 13.0 Å². The number of aromatic hydroxyl groups is 1. The number of hydrogen-bond acceptors (Lipinski definition) is 2. The molecule has 2 N–H and O–H groups in total. The fraction of sp³-hybridized carbons (Fsp3) is 0.222. The summed E-state index contributed by atoms with van der Waals surface area (Å²) in [6, 6.07) is 5.35. The van der Waals surface area contributed by atoms with Gasteiger partial charge in [-0.2, -0.15) is 0 Å². The van der Waals surface area contributed by atoms with E-state index in [0.29, 0.717) is 5.52 Å². The van der Waals surface area contributed by atoms with Crippen LogP contribution in [-0.2, 0) is 6.42 Å². The largest absolute Gasteiger partial charge is 0.506 e. The van der Waals surface area contributed by atoms with Gasteiger partial charge in [0.1, 0.15) is 17.1 Å². The van der Waals surface area contributed by atoms with Crippen LogP contribution in [0.25, 0.3) is 11.0 Å². The zero-order chi connectivity index (χ0) is 8.55. The smallest absolute Gasteiger partial charge is 0.143 e. The molecule has 2 aromatic rings. The molecule has 0 radical (unpaired) electrons. The Morgan fingerprint density at radius 1 is 1.50 bits per heavy atom. The van der Waals surface area contributed by atoms with Gasteiger partial charge in [0.2, 0.25) is 0 Å². The van der Waals surface area contributed by atoms with Crippen molar-refractivity contribution in [1.82, 2.24) is 9.97 Å². The Labute approximate surface area is 70.1 Å². The molecule has 3 heteroatoms. The third-order valence-corrected chi connectivity index (χ3v) is 1.88. The third kappa shape index (κ3) is 0.942. The summed E-state index contributed by atoms with van der Waals surface area (Å²) in [5.41, 5.74) is 1.56. The molecule has 2 rings (SSSR count). The van der Waals surface area contributed by atoms with Gasteiger partial charge in [-0.05, 0) is 12.1 Å². The summed E-state index contributed by atoms with van der Waals surface area (Å²) >= 11 is 0. The minimum absolute atomic E-state index is 0.239. The Bertz CT molecular complexity index is 406. The van der Waals surface area contributed by atoms with Crippen LogP contribution in [0.4, 0.5) is 0 Å². The number of aromatic nitrogens is 2. The molecule has 0 amide bonds. The van der Waals surface area contributed by atoms with Crippen molar-refractivity contribution in [3.8, 4) is 5.75 Å². The first kappa shape index (κ1) is 7.16. The SMILES string of the molecule is CCc1nc2c(O)cccc2[nH]1. The summed E-state index contributed by atoms with van der Waals surface area (Å²) < 4.78 is 0. The van der Waals surface area contributed by atoms with Gasteiger partial charge in [-0.25, -0.2) is 4.98 Å². The van der Waals surface area contributed by atoms with Crippen molar-refractivity contribution in [3.63, 3.8) is 0 Å². The number of phenolic OH excluding ortho intramolecular Hbond substituents is 1. The van der Waals surface area contributed by atoms with Gasteiger partial charge in [0.05, 0.1) is 5.52 Å². The molecule has 0 saturated carbocycles. The van der Waals surface area contributed by atoms with Gasteiger partial charge in [0.15, 0.2) is 0 Å². The van der Waals surface area contributed by atoms with Crippen LogP contribution in [-0.4, -0.2) is 15.1 Å². The van der Waals surface area contributed by atoms with Crippen molar-refractivity contribution >= 4 is 11.0 Å². The molecule has 3 nitrogen and oxygen atoms in total. The van der Waals surface area contributed by atoms with Gasteiger partial charge in [-0.1, -0.05) is 13.0 Å². The van der Waals surface area contributed by atoms with Gasteiger partial charge in [0, 0.05) is 6.42 Å². The lowest BCUT2D eigenvalue weighted by atomic mass is 10.3. The number of aromatic amines is 1. The van der Waals surface area contributed by atoms with E-state index in [9.17, 15) is 5.11 Å². The quantitative estimate of drug-likeness (QED) is 0.672. The van der Waals surface area contributed by atoms with Crippen LogP contribution < -0.4 is 0 Å². The molecule has 0 atom stereocenters. The molecular weight excluding hydrogens is 152 g/mol. The summed E-state index contributed by atoms with van der Waals surface area (Å²) in [6.07, 6.45) is 0.855. The molecule has 0 saturated heterocycles. The molecule has 0 unspecified atom stereocenters. The molecule has 0 spiro atoms. The Morgan fingerprint density at radius 3 is 3.00 bits per heavy atom. The first-order chi connectivity index (χ1) is 5.81. The van der Waals surface area contributed by atoms with E-state index in [1.54, 1.807) is 12.1 Å². The summed E-state index contributed by atoms with van der Waals surface area (Å²) in [5.74, 6) is 1.15. The van der Waals surface area contributed by atoms with Crippen molar-refractivity contribution in [1.29, 1.82) is 0 Å². The predicted octanol–water partition coefficient (Wildman–Crippen LogP) is 1.83. The lowest BCUT2D eigenvalue weighted by Crippen LogP contribution is -1.79. The minimum Gasteiger partial charge on any atom is -0.506 e. The fourth-order valence-corrected chi connectivity index (χ4v) is 1.24. The second-order valence-electron chi connectivity index (χ2n) is 2.71. The molecule has 12 heavy (non-hydrogen) atoms. The highest BCUT2D eigenvalue weighted by Crippen LogP contribution is 2.21. The van der Waals surface area contributed by atoms with E-state index in [1.165, 1.54) is 0 Å². The Hall–Kier alpha value is -1.51. The van der Waals surface area contributed by atoms with Crippen LogP contribution in [0.2, 0.25) is 0 Å². The normalized spacial score (nSPS) is 10.8. The van der Waals surface area contributed by atoms with Crippen LogP contribution in [0.5, 0.6) is 5.75 Å². The second-order valence-corrected chi connectivity index (χ2v) is 2.71. The van der Waals surface area contributed by atoms with E-state index in [4.69, 9.17) is 0 Å². The average Bonchev–Trinajstić information content (AvgIpc) is 2.49. The monoisotopic (exact) mass is 162 g/mol. The summed E-state index contributed by atoms with van der Waals surface area (Å²) in [6.45, 7) is 2.02. The number of nitrogens with zero attached hydrogens (tertiary/aromatic N) is 1. The molecule has 0 fully saturated rings. The van der Waals surface area contributed by atoms with Crippen molar-refractivity contribution < 1.29 is 5.11 Å².